The summed E-state index contributed by atoms with van der Waals surface area (Å²) in [6.07, 6.45) is -0.353. The first-order valence-electron chi connectivity index (χ1n) is 11.5. The Bertz CT molecular complexity index is 1160. The molecule has 0 saturated heterocycles. The largest absolute Gasteiger partial charge is 0.443 e. The Morgan fingerprint density at radius 2 is 1.67 bits per heavy atom. The molecule has 194 valence electrons. The third-order valence-electron chi connectivity index (χ3n) is 5.50. The van der Waals surface area contributed by atoms with Crippen LogP contribution in [0.3, 0.4) is 0 Å². The molecular weight excluding hydrogens is 500 g/mol. The number of rotatable bonds is 13. The Hall–Kier alpha value is -2.83. The van der Waals surface area contributed by atoms with Crippen LogP contribution in [-0.2, 0) is 34.3 Å². The molecule has 3 aromatic rings. The van der Waals surface area contributed by atoms with Crippen LogP contribution in [0, 0.1) is 0 Å². The van der Waals surface area contributed by atoms with E-state index in [1.807, 2.05) is 60.7 Å². The molecule has 1 amide bonds. The van der Waals surface area contributed by atoms with E-state index in [0.717, 1.165) is 20.3 Å². The van der Waals surface area contributed by atoms with Gasteiger partial charge in [-0.25, -0.2) is 4.79 Å². The van der Waals surface area contributed by atoms with E-state index in [4.69, 9.17) is 4.74 Å². The maximum atomic E-state index is 12.6. The van der Waals surface area contributed by atoms with Crippen LogP contribution < -0.4 is 10.0 Å². The predicted molar refractivity (Wildman–Crippen MR) is 140 cm³/mol. The molecule has 0 radical (unpaired) electrons. The number of benzene rings is 2. The molecule has 0 fully saturated rings. The smallest absolute Gasteiger partial charge is 0.407 e. The van der Waals surface area contributed by atoms with Gasteiger partial charge in [0, 0.05) is 37.6 Å². The maximum absolute atomic E-state index is 12.6. The monoisotopic (exact) mass is 532 g/mol. The van der Waals surface area contributed by atoms with Gasteiger partial charge in [0.05, 0.1) is 18.2 Å². The molecule has 3 atom stereocenters. The van der Waals surface area contributed by atoms with Crippen LogP contribution in [0.4, 0.5) is 4.79 Å². The quantitative estimate of drug-likeness (QED) is 0.311. The van der Waals surface area contributed by atoms with E-state index in [1.165, 1.54) is 25.4 Å². The molecule has 0 bridgehead atoms. The SMILES string of the molecule is CN(C)S(=O)(=O)NC(Cc1ccccc1)CC(O)C(Cc1ccccc1)OC(=O)NCc1cncs1. The van der Waals surface area contributed by atoms with E-state index in [0.29, 0.717) is 6.42 Å². The van der Waals surface area contributed by atoms with Crippen molar-refractivity contribution in [2.75, 3.05) is 14.1 Å². The third-order valence-corrected chi connectivity index (χ3v) is 7.88. The average molecular weight is 533 g/mol. The number of hydrogen-bond donors (Lipinski definition) is 3. The summed E-state index contributed by atoms with van der Waals surface area (Å²) in [6.45, 7) is 0.261. The molecule has 3 unspecified atom stereocenters. The van der Waals surface area contributed by atoms with Crippen molar-refractivity contribution >= 4 is 27.6 Å². The van der Waals surface area contributed by atoms with Crippen LogP contribution in [0.25, 0.3) is 0 Å². The van der Waals surface area contributed by atoms with Gasteiger partial charge in [-0.3, -0.25) is 4.98 Å². The van der Waals surface area contributed by atoms with Gasteiger partial charge >= 0.3 is 6.09 Å². The zero-order chi connectivity index (χ0) is 26.0. The normalized spacial score (nSPS) is 14.2. The summed E-state index contributed by atoms with van der Waals surface area (Å²) >= 11 is 1.41. The van der Waals surface area contributed by atoms with Crippen molar-refractivity contribution in [2.24, 2.45) is 0 Å². The molecule has 0 aliphatic rings. The number of aliphatic hydroxyl groups is 1. The molecule has 3 rings (SSSR count). The zero-order valence-electron chi connectivity index (χ0n) is 20.3. The highest BCUT2D eigenvalue weighted by atomic mass is 32.2. The molecule has 0 spiro atoms. The average Bonchev–Trinajstić information content (AvgIpc) is 3.37. The first-order chi connectivity index (χ1) is 17.2. The lowest BCUT2D eigenvalue weighted by Crippen LogP contribution is -2.47. The molecule has 1 heterocycles. The van der Waals surface area contributed by atoms with Crippen molar-refractivity contribution in [3.63, 3.8) is 0 Å². The summed E-state index contributed by atoms with van der Waals surface area (Å²) in [7, 11) is -0.882. The lowest BCUT2D eigenvalue weighted by molar-refractivity contribution is -0.00465. The highest BCUT2D eigenvalue weighted by molar-refractivity contribution is 7.87. The Balaban J connectivity index is 1.75. The second-order valence-corrected chi connectivity index (χ2v) is 11.4. The molecule has 0 aliphatic carbocycles. The summed E-state index contributed by atoms with van der Waals surface area (Å²) in [5.74, 6) is 0. The predicted octanol–water partition coefficient (Wildman–Crippen LogP) is 2.74. The molecule has 3 N–H and O–H groups in total. The van der Waals surface area contributed by atoms with E-state index in [2.05, 4.69) is 15.0 Å². The molecule has 9 nitrogen and oxygen atoms in total. The second-order valence-electron chi connectivity index (χ2n) is 8.55. The zero-order valence-corrected chi connectivity index (χ0v) is 21.9. The fraction of sp³-hybridized carbons (Fsp3) is 0.360. The summed E-state index contributed by atoms with van der Waals surface area (Å²) in [4.78, 5) is 17.4. The summed E-state index contributed by atoms with van der Waals surface area (Å²) in [6, 6.07) is 18.2. The number of hydrogen-bond acceptors (Lipinski definition) is 7. The van der Waals surface area contributed by atoms with Crippen LogP contribution in [-0.4, -0.2) is 61.3 Å². The number of alkyl carbamates (subject to hydrolysis) is 1. The minimum Gasteiger partial charge on any atom is -0.443 e. The van der Waals surface area contributed by atoms with Crippen LogP contribution in [0.1, 0.15) is 22.4 Å². The first kappa shape index (κ1) is 27.8. The number of carbonyl (C=O) groups excluding carboxylic acids is 1. The van der Waals surface area contributed by atoms with Crippen LogP contribution in [0.15, 0.2) is 72.4 Å². The Morgan fingerprint density at radius 1 is 1.06 bits per heavy atom. The molecule has 36 heavy (non-hydrogen) atoms. The minimum absolute atomic E-state index is 0.0432. The molecule has 0 aliphatic heterocycles. The van der Waals surface area contributed by atoms with E-state index in [-0.39, 0.29) is 19.4 Å². The van der Waals surface area contributed by atoms with Gasteiger partial charge in [-0.1, -0.05) is 60.7 Å². The fourth-order valence-corrected chi connectivity index (χ4v) is 4.95. The van der Waals surface area contributed by atoms with Gasteiger partial charge in [-0.2, -0.15) is 17.4 Å². The Morgan fingerprint density at radius 3 is 2.22 bits per heavy atom. The number of carbonyl (C=O) groups is 1. The number of thiazole rings is 1. The van der Waals surface area contributed by atoms with Crippen molar-refractivity contribution in [3.05, 3.63) is 88.4 Å². The van der Waals surface area contributed by atoms with Gasteiger partial charge in [-0.05, 0) is 24.0 Å². The molecule has 2 aromatic carbocycles. The van der Waals surface area contributed by atoms with Gasteiger partial charge in [0.1, 0.15) is 6.10 Å². The van der Waals surface area contributed by atoms with E-state index in [9.17, 15) is 18.3 Å². The van der Waals surface area contributed by atoms with Crippen molar-refractivity contribution in [2.45, 2.75) is 44.1 Å². The Kier molecular flexibility index (Phi) is 10.4. The Labute approximate surface area is 216 Å². The van der Waals surface area contributed by atoms with Crippen molar-refractivity contribution < 1.29 is 23.1 Å². The topological polar surface area (TPSA) is 121 Å². The van der Waals surface area contributed by atoms with Gasteiger partial charge in [-0.15, -0.1) is 11.3 Å². The van der Waals surface area contributed by atoms with Gasteiger partial charge < -0.3 is 15.2 Å². The van der Waals surface area contributed by atoms with Crippen LogP contribution in [0.5, 0.6) is 0 Å². The minimum atomic E-state index is -3.76. The number of aromatic nitrogens is 1. The lowest BCUT2D eigenvalue weighted by atomic mass is 9.96. The third kappa shape index (κ3) is 8.99. The van der Waals surface area contributed by atoms with Gasteiger partial charge in [0.25, 0.3) is 10.2 Å². The number of amides is 1. The summed E-state index contributed by atoms with van der Waals surface area (Å²) < 4.78 is 34.6. The standard InChI is InChI=1S/C25H32N4O5S2/c1-29(2)36(32,33)28-21(13-19-9-5-3-6-10-19)15-23(30)24(14-20-11-7-4-8-12-20)34-25(31)27-17-22-16-26-18-35-22/h3-12,16,18,21,23-24,28,30H,13-15,17H2,1-2H3,(H,27,31). The van der Waals surface area contributed by atoms with Gasteiger partial charge in [0.2, 0.25) is 0 Å². The lowest BCUT2D eigenvalue weighted by Gasteiger charge is -2.28. The van der Waals surface area contributed by atoms with Crippen LogP contribution >= 0.6 is 11.3 Å². The highest BCUT2D eigenvalue weighted by Crippen LogP contribution is 2.17. The van der Waals surface area contributed by atoms with Crippen molar-refractivity contribution in [1.82, 2.24) is 19.3 Å². The number of nitrogens with zero attached hydrogens (tertiary/aromatic N) is 2. The first-order valence-corrected chi connectivity index (χ1v) is 13.8. The maximum Gasteiger partial charge on any atom is 0.407 e. The number of nitrogens with one attached hydrogen (secondary N) is 2. The van der Waals surface area contributed by atoms with Crippen molar-refractivity contribution in [3.8, 4) is 0 Å². The van der Waals surface area contributed by atoms with E-state index in [1.54, 1.807) is 11.7 Å². The second kappa shape index (κ2) is 13.5. The van der Waals surface area contributed by atoms with Gasteiger partial charge in [0.15, 0.2) is 0 Å². The molecule has 0 saturated carbocycles. The van der Waals surface area contributed by atoms with E-state index >= 15 is 0 Å². The van der Waals surface area contributed by atoms with E-state index < -0.39 is 34.6 Å². The molecular formula is C25H32N4O5S2. The molecule has 1 aromatic heterocycles. The highest BCUT2D eigenvalue weighted by Gasteiger charge is 2.29. The fourth-order valence-electron chi connectivity index (χ4n) is 3.60. The number of ether oxygens (including phenoxy) is 1. The number of aliphatic hydroxyl groups excluding tert-OH is 1. The van der Waals surface area contributed by atoms with Crippen molar-refractivity contribution in [1.29, 1.82) is 0 Å². The summed E-state index contributed by atoms with van der Waals surface area (Å²) in [5, 5.41) is 13.9. The molecule has 11 heteroatoms. The summed E-state index contributed by atoms with van der Waals surface area (Å²) in [5.41, 5.74) is 3.47. The van der Waals surface area contributed by atoms with Crippen LogP contribution in [0.2, 0.25) is 0 Å².